The Bertz CT molecular complexity index is 8.00. The van der Waals surface area contributed by atoms with Gasteiger partial charge in [-0.05, 0) is 11.0 Å². The van der Waals surface area contributed by atoms with Crippen LogP contribution in [0.5, 0.6) is 0 Å². The molecule has 0 unspecified atom stereocenters. The fourth-order valence-corrected chi connectivity index (χ4v) is 0. The smallest absolute Gasteiger partial charge is 0 e. The maximum absolute atomic E-state index is 8.34. The van der Waals surface area contributed by atoms with E-state index in [4.69, 9.17) is 2.81 Å². The van der Waals surface area contributed by atoms with Crippen LogP contribution in [-0.2, 0) is 47.0 Å². The first-order valence-electron chi connectivity index (χ1n) is 0.204. The SMILES string of the molecule is [O]=[Zr].[SiH4].[Zn]. The van der Waals surface area contributed by atoms with Crippen LogP contribution >= 0.6 is 0 Å². The van der Waals surface area contributed by atoms with Crippen LogP contribution < -0.4 is 0 Å². The van der Waals surface area contributed by atoms with Gasteiger partial charge < -0.3 is 0 Å². The van der Waals surface area contributed by atoms with Crippen molar-refractivity contribution in [1.29, 1.82) is 0 Å². The molecule has 0 rings (SSSR count). The summed E-state index contributed by atoms with van der Waals surface area (Å²) in [6.07, 6.45) is 0. The molecule has 0 aromatic heterocycles. The van der Waals surface area contributed by atoms with E-state index in [1.54, 1.807) is 0 Å². The molecule has 0 heterocycles. The zero-order valence-electron chi connectivity index (χ0n) is 1.62. The van der Waals surface area contributed by atoms with Crippen LogP contribution in [0.15, 0.2) is 0 Å². The second-order valence-electron chi connectivity index (χ2n) is 0. The number of hydrogen-bond donors (Lipinski definition) is 0. The first kappa shape index (κ1) is 17.7. The Morgan fingerprint density at radius 2 is 1.25 bits per heavy atom. The summed E-state index contributed by atoms with van der Waals surface area (Å²) in [5.41, 5.74) is 0. The van der Waals surface area contributed by atoms with Gasteiger partial charge in [-0.15, -0.1) is 0 Å². The third kappa shape index (κ3) is 9.67. The Morgan fingerprint density at radius 1 is 1.25 bits per heavy atom. The molecule has 0 aliphatic carbocycles. The average Bonchev–Trinajstić information content (AvgIpc) is 1.00. The van der Waals surface area contributed by atoms with Crippen LogP contribution in [-0.4, -0.2) is 11.0 Å². The molecular formula is H4OSiZnZr. The van der Waals surface area contributed by atoms with E-state index in [1.807, 2.05) is 0 Å². The van der Waals surface area contributed by atoms with Crippen LogP contribution in [0.4, 0.5) is 0 Å². The molecule has 0 saturated carbocycles. The van der Waals surface area contributed by atoms with Crippen LogP contribution in [0, 0.1) is 0 Å². The maximum Gasteiger partial charge on any atom is 0 e. The zero-order valence-corrected chi connectivity index (χ0v) is 7.04. The molecule has 4 heavy (non-hydrogen) atoms. The molecule has 0 aliphatic heterocycles. The molecule has 0 amide bonds. The van der Waals surface area contributed by atoms with Crippen molar-refractivity contribution in [2.24, 2.45) is 0 Å². The molecule has 0 aliphatic rings. The topological polar surface area (TPSA) is 17.1 Å². The fraction of sp³-hybridized carbons (Fsp3) is 0. The van der Waals surface area contributed by atoms with Crippen molar-refractivity contribution < 1.29 is 47.0 Å². The van der Waals surface area contributed by atoms with Crippen molar-refractivity contribution in [3.8, 4) is 0 Å². The molecule has 0 aromatic carbocycles. The summed E-state index contributed by atoms with van der Waals surface area (Å²) in [6, 6.07) is 0. The monoisotopic (exact) mass is 202 g/mol. The molecule has 20 valence electrons. The number of hydrogen-bond acceptors (Lipinski definition) is 1. The predicted molar refractivity (Wildman–Crippen MR) is 12.0 cm³/mol. The molecule has 4 heteroatoms. The summed E-state index contributed by atoms with van der Waals surface area (Å²) in [7, 11) is 0. The standard InChI is InChI=1S/O.H4Si.Zn.Zr/h;1H4;;. The first-order chi connectivity index (χ1) is 1.00. The van der Waals surface area contributed by atoms with Crippen molar-refractivity contribution >= 4 is 11.0 Å². The van der Waals surface area contributed by atoms with Gasteiger partial charge in [0.1, 0.15) is 0 Å². The minimum absolute atomic E-state index is 0. The quantitative estimate of drug-likeness (QED) is 0.436. The molecule has 0 saturated heterocycles. The molecule has 1 nitrogen and oxygen atoms in total. The first-order valence-corrected chi connectivity index (χ1v) is 1.21. The van der Waals surface area contributed by atoms with Crippen molar-refractivity contribution in [3.63, 3.8) is 0 Å². The van der Waals surface area contributed by atoms with E-state index < -0.39 is 0 Å². The van der Waals surface area contributed by atoms with Crippen LogP contribution in [0.1, 0.15) is 0 Å². The summed E-state index contributed by atoms with van der Waals surface area (Å²) in [4.78, 5) is 0. The van der Waals surface area contributed by atoms with E-state index in [0.717, 1.165) is 0 Å². The van der Waals surface area contributed by atoms with Gasteiger partial charge in [-0.2, -0.15) is 0 Å². The van der Waals surface area contributed by atoms with E-state index in [0.29, 0.717) is 24.7 Å². The Labute approximate surface area is 57.6 Å². The summed E-state index contributed by atoms with van der Waals surface area (Å²) in [6.45, 7) is 0. The molecule has 0 fully saturated rings. The average molecular weight is 205 g/mol. The summed E-state index contributed by atoms with van der Waals surface area (Å²) in [5.74, 6) is 0. The third-order valence-corrected chi connectivity index (χ3v) is 0. The molecule has 0 bridgehead atoms. The summed E-state index contributed by atoms with van der Waals surface area (Å²) < 4.78 is 8.34. The van der Waals surface area contributed by atoms with Crippen LogP contribution in [0.25, 0.3) is 0 Å². The van der Waals surface area contributed by atoms with E-state index in [2.05, 4.69) is 0 Å². The Kier molecular flexibility index (Phi) is 107. The maximum atomic E-state index is 8.34. The minimum Gasteiger partial charge on any atom is -0.0149 e. The minimum atomic E-state index is 0. The van der Waals surface area contributed by atoms with Gasteiger partial charge in [0.2, 0.25) is 0 Å². The van der Waals surface area contributed by atoms with Crippen LogP contribution in [0.3, 0.4) is 0 Å². The Hall–Kier alpha value is 1.52. The molecule has 0 atom stereocenters. The van der Waals surface area contributed by atoms with Gasteiger partial charge in [-0.1, -0.05) is 0 Å². The van der Waals surface area contributed by atoms with Gasteiger partial charge in [-0.25, -0.2) is 0 Å². The van der Waals surface area contributed by atoms with Crippen molar-refractivity contribution in [3.05, 3.63) is 0 Å². The second kappa shape index (κ2) is 24.2. The van der Waals surface area contributed by atoms with Gasteiger partial charge in [0.25, 0.3) is 0 Å². The molecule has 0 radical (unpaired) electrons. The predicted octanol–water partition coefficient (Wildman–Crippen LogP) is -1.58. The van der Waals surface area contributed by atoms with Gasteiger partial charge in [0.15, 0.2) is 0 Å². The van der Waals surface area contributed by atoms with E-state index in [-0.39, 0.29) is 30.4 Å². The van der Waals surface area contributed by atoms with Crippen LogP contribution in [0.2, 0.25) is 0 Å². The Morgan fingerprint density at radius 3 is 1.25 bits per heavy atom. The summed E-state index contributed by atoms with van der Waals surface area (Å²) >= 11 is 0.300. The van der Waals surface area contributed by atoms with Gasteiger partial charge >= 0.3 is 27.5 Å². The molecule has 0 spiro atoms. The van der Waals surface area contributed by atoms with E-state index in [9.17, 15) is 0 Å². The van der Waals surface area contributed by atoms with Crippen molar-refractivity contribution in [1.82, 2.24) is 0 Å². The van der Waals surface area contributed by atoms with E-state index >= 15 is 0 Å². The number of rotatable bonds is 0. The fourth-order valence-electron chi connectivity index (χ4n) is 0. The molecular weight excluding hydrogens is 201 g/mol. The normalized spacial score (nSPS) is 0.750. The van der Waals surface area contributed by atoms with E-state index in [1.165, 1.54) is 0 Å². The summed E-state index contributed by atoms with van der Waals surface area (Å²) in [5, 5.41) is 0. The van der Waals surface area contributed by atoms with Gasteiger partial charge in [0, 0.05) is 19.5 Å². The zero-order chi connectivity index (χ0) is 2.00. The molecule has 0 N–H and O–H groups in total. The van der Waals surface area contributed by atoms with Gasteiger partial charge in [-0.3, -0.25) is 0 Å². The Balaban J connectivity index is -0.00000000500. The second-order valence-corrected chi connectivity index (χ2v) is 0. The van der Waals surface area contributed by atoms with Crippen molar-refractivity contribution in [2.75, 3.05) is 0 Å². The molecule has 0 aromatic rings. The van der Waals surface area contributed by atoms with Crippen molar-refractivity contribution in [2.45, 2.75) is 0 Å². The van der Waals surface area contributed by atoms with Gasteiger partial charge in [0.05, 0.1) is 0 Å². The largest absolute Gasteiger partial charge is 0.0149 e. The third-order valence-electron chi connectivity index (χ3n) is 0.